The summed E-state index contributed by atoms with van der Waals surface area (Å²) in [5, 5.41) is 5.64. The molecule has 1 saturated heterocycles. The van der Waals surface area contributed by atoms with E-state index in [2.05, 4.69) is 69.2 Å². The molecule has 2 N–H and O–H groups in total. The van der Waals surface area contributed by atoms with Gasteiger partial charge in [0.25, 0.3) is 5.91 Å². The quantitative estimate of drug-likeness (QED) is 0.161. The number of aromatic amines is 1. The normalized spacial score (nSPS) is 18.5. The van der Waals surface area contributed by atoms with Crippen molar-refractivity contribution >= 4 is 67.4 Å². The standard InChI is InChI=1S/C31H30BrClN4O2S/c1-18(2)34-14-3-15-39-23-11-4-19(5-12-23)29-28-25(24-16-20(32)6-13-26(24)35-28)17-27-30(38)36(31(40)37(27)29)22-9-7-21(33)8-10-22/h4-13,16,18,27,29,34-35H,3,14-15,17H2,1-2H3. The molecule has 3 aromatic carbocycles. The molecule has 1 fully saturated rings. The lowest BCUT2D eigenvalue weighted by molar-refractivity contribution is -0.120. The van der Waals surface area contributed by atoms with Crippen molar-refractivity contribution in [3.63, 3.8) is 0 Å². The van der Waals surface area contributed by atoms with E-state index in [1.54, 1.807) is 17.0 Å². The minimum absolute atomic E-state index is 0.0257. The Labute approximate surface area is 252 Å². The van der Waals surface area contributed by atoms with Crippen molar-refractivity contribution in [2.24, 2.45) is 0 Å². The summed E-state index contributed by atoms with van der Waals surface area (Å²) in [5.41, 5.74) is 5.01. The monoisotopic (exact) mass is 636 g/mol. The van der Waals surface area contributed by atoms with Crippen LogP contribution >= 0.6 is 39.7 Å². The average molecular weight is 638 g/mol. The van der Waals surface area contributed by atoms with E-state index in [-0.39, 0.29) is 11.9 Å². The Balaban J connectivity index is 1.36. The topological polar surface area (TPSA) is 60.6 Å². The Morgan fingerprint density at radius 1 is 1.12 bits per heavy atom. The van der Waals surface area contributed by atoms with Crippen LogP contribution in [0, 0.1) is 0 Å². The molecule has 2 unspecified atom stereocenters. The van der Waals surface area contributed by atoms with Gasteiger partial charge in [-0.25, -0.2) is 0 Å². The molecule has 0 radical (unpaired) electrons. The van der Waals surface area contributed by atoms with Gasteiger partial charge in [0.15, 0.2) is 5.11 Å². The zero-order valence-electron chi connectivity index (χ0n) is 22.3. The summed E-state index contributed by atoms with van der Waals surface area (Å²) in [6, 6.07) is 21.5. The maximum atomic E-state index is 13.9. The highest BCUT2D eigenvalue weighted by molar-refractivity contribution is 9.10. The largest absolute Gasteiger partial charge is 0.494 e. The Bertz CT molecular complexity index is 1570. The highest BCUT2D eigenvalue weighted by Crippen LogP contribution is 2.45. The number of benzene rings is 3. The number of halogens is 2. The fourth-order valence-corrected chi connectivity index (χ4v) is 6.58. The van der Waals surface area contributed by atoms with Gasteiger partial charge in [-0.2, -0.15) is 0 Å². The van der Waals surface area contributed by atoms with Crippen molar-refractivity contribution in [3.8, 4) is 5.75 Å². The molecule has 0 bridgehead atoms. The number of carbonyl (C=O) groups excluding carboxylic acids is 1. The number of hydrogen-bond acceptors (Lipinski definition) is 4. The van der Waals surface area contributed by atoms with Crippen LogP contribution in [0.3, 0.4) is 0 Å². The number of hydrogen-bond donors (Lipinski definition) is 2. The number of anilines is 1. The minimum Gasteiger partial charge on any atom is -0.494 e. The smallest absolute Gasteiger partial charge is 0.256 e. The van der Waals surface area contributed by atoms with Crippen molar-refractivity contribution in [3.05, 3.63) is 93.0 Å². The third-order valence-corrected chi connectivity index (χ3v) is 8.67. The highest BCUT2D eigenvalue weighted by Gasteiger charge is 2.51. The van der Waals surface area contributed by atoms with Crippen LogP contribution in [0.2, 0.25) is 5.02 Å². The van der Waals surface area contributed by atoms with Crippen LogP contribution in [0.25, 0.3) is 10.9 Å². The van der Waals surface area contributed by atoms with Gasteiger partial charge in [-0.05, 0) is 90.9 Å². The Kier molecular flexibility index (Phi) is 7.61. The van der Waals surface area contributed by atoms with Crippen LogP contribution < -0.4 is 15.0 Å². The molecule has 3 heterocycles. The molecule has 9 heteroatoms. The van der Waals surface area contributed by atoms with Crippen LogP contribution in [0.1, 0.15) is 43.1 Å². The first-order valence-corrected chi connectivity index (χ1v) is 15.1. The van der Waals surface area contributed by atoms with E-state index in [4.69, 9.17) is 28.6 Å². The lowest BCUT2D eigenvalue weighted by Crippen LogP contribution is -2.44. The molecular weight excluding hydrogens is 608 g/mol. The highest BCUT2D eigenvalue weighted by atomic mass is 79.9. The molecule has 0 saturated carbocycles. The van der Waals surface area contributed by atoms with Gasteiger partial charge in [0.1, 0.15) is 11.8 Å². The molecule has 0 spiro atoms. The molecule has 6 nitrogen and oxygen atoms in total. The minimum atomic E-state index is -0.414. The third-order valence-electron chi connectivity index (χ3n) is 7.53. The van der Waals surface area contributed by atoms with E-state index < -0.39 is 6.04 Å². The van der Waals surface area contributed by atoms with E-state index in [0.717, 1.165) is 56.6 Å². The van der Waals surface area contributed by atoms with Gasteiger partial charge in [0, 0.05) is 38.6 Å². The third kappa shape index (κ3) is 5.02. The molecule has 1 amide bonds. The van der Waals surface area contributed by atoms with E-state index in [1.807, 2.05) is 30.3 Å². The number of ether oxygens (including phenoxy) is 1. The SMILES string of the molecule is CC(C)NCCCOc1ccc(C2c3[nH]c4ccc(Br)cc4c3CC3C(=O)N(c4ccc(Cl)cc4)C(=S)N32)cc1. The number of carbonyl (C=O) groups is 1. The van der Waals surface area contributed by atoms with Gasteiger partial charge in [-0.3, -0.25) is 9.69 Å². The van der Waals surface area contributed by atoms with Crippen LogP contribution in [-0.4, -0.2) is 46.1 Å². The van der Waals surface area contributed by atoms with Crippen LogP contribution in [0.4, 0.5) is 5.69 Å². The Hall–Kier alpha value is -2.91. The second-order valence-corrected chi connectivity index (χ2v) is 12.3. The number of nitrogens with one attached hydrogen (secondary N) is 2. The maximum Gasteiger partial charge on any atom is 0.256 e. The first-order chi connectivity index (χ1) is 19.3. The maximum absolute atomic E-state index is 13.9. The summed E-state index contributed by atoms with van der Waals surface area (Å²) in [4.78, 5) is 21.3. The second-order valence-electron chi connectivity index (χ2n) is 10.5. The molecule has 2 atom stereocenters. The lowest BCUT2D eigenvalue weighted by atomic mass is 9.89. The molecule has 4 aromatic rings. The van der Waals surface area contributed by atoms with E-state index in [9.17, 15) is 4.79 Å². The van der Waals surface area contributed by atoms with Crippen molar-refractivity contribution in [2.75, 3.05) is 18.1 Å². The van der Waals surface area contributed by atoms with Crippen LogP contribution in [0.5, 0.6) is 5.75 Å². The number of rotatable bonds is 8. The molecule has 1 aromatic heterocycles. The fraction of sp³-hybridized carbons (Fsp3) is 0.290. The van der Waals surface area contributed by atoms with Crippen LogP contribution in [-0.2, 0) is 11.2 Å². The zero-order valence-corrected chi connectivity index (χ0v) is 25.4. The first kappa shape index (κ1) is 27.3. The number of nitrogens with zero attached hydrogens (tertiary/aromatic N) is 2. The van der Waals surface area contributed by atoms with Crippen molar-refractivity contribution < 1.29 is 9.53 Å². The average Bonchev–Trinajstić information content (AvgIpc) is 3.42. The fourth-order valence-electron chi connectivity index (χ4n) is 5.67. The zero-order chi connectivity index (χ0) is 28.0. The Morgan fingerprint density at radius 3 is 2.60 bits per heavy atom. The van der Waals surface area contributed by atoms with Gasteiger partial charge in [-0.1, -0.05) is 53.5 Å². The van der Waals surface area contributed by atoms with Gasteiger partial charge < -0.3 is 19.9 Å². The van der Waals surface area contributed by atoms with Gasteiger partial charge in [0.05, 0.1) is 18.3 Å². The number of amides is 1. The lowest BCUT2D eigenvalue weighted by Gasteiger charge is -2.37. The van der Waals surface area contributed by atoms with Crippen molar-refractivity contribution in [2.45, 2.75) is 44.8 Å². The molecule has 0 aliphatic carbocycles. The van der Waals surface area contributed by atoms with Crippen LogP contribution in [0.15, 0.2) is 71.2 Å². The van der Waals surface area contributed by atoms with E-state index in [0.29, 0.717) is 29.2 Å². The van der Waals surface area contributed by atoms with Gasteiger partial charge in [-0.15, -0.1) is 0 Å². The summed E-state index contributed by atoms with van der Waals surface area (Å²) in [6.45, 7) is 5.84. The first-order valence-electron chi connectivity index (χ1n) is 13.5. The van der Waals surface area contributed by atoms with Gasteiger partial charge in [0.2, 0.25) is 0 Å². The van der Waals surface area contributed by atoms with E-state index >= 15 is 0 Å². The molecule has 40 heavy (non-hydrogen) atoms. The molecule has 6 rings (SSSR count). The molecule has 2 aliphatic rings. The predicted molar refractivity (Wildman–Crippen MR) is 168 cm³/mol. The number of aromatic nitrogens is 1. The molecule has 2 aliphatic heterocycles. The van der Waals surface area contributed by atoms with Crippen molar-refractivity contribution in [1.29, 1.82) is 0 Å². The number of thiocarbonyl (C=S) groups is 1. The van der Waals surface area contributed by atoms with Gasteiger partial charge >= 0.3 is 0 Å². The predicted octanol–water partition coefficient (Wildman–Crippen LogP) is 7.00. The Morgan fingerprint density at radius 2 is 1.88 bits per heavy atom. The number of fused-ring (bicyclic) bond motifs is 4. The molecule has 206 valence electrons. The summed E-state index contributed by atoms with van der Waals surface area (Å²) in [7, 11) is 0. The number of H-pyrrole nitrogens is 1. The summed E-state index contributed by atoms with van der Waals surface area (Å²) < 4.78 is 7.01. The van der Waals surface area contributed by atoms with E-state index in [1.165, 1.54) is 0 Å². The van der Waals surface area contributed by atoms with Crippen molar-refractivity contribution in [1.82, 2.24) is 15.2 Å². The molecular formula is C31H30BrClN4O2S. The summed E-state index contributed by atoms with van der Waals surface area (Å²) in [5.74, 6) is 0.798. The summed E-state index contributed by atoms with van der Waals surface area (Å²) in [6.07, 6.45) is 1.50. The second kappa shape index (κ2) is 11.2. The summed E-state index contributed by atoms with van der Waals surface area (Å²) >= 11 is 15.8.